The van der Waals surface area contributed by atoms with E-state index >= 15 is 0 Å². The third-order valence-corrected chi connectivity index (χ3v) is 6.39. The van der Waals surface area contributed by atoms with Gasteiger partial charge in [-0.1, -0.05) is 12.1 Å². The van der Waals surface area contributed by atoms with Gasteiger partial charge < -0.3 is 10.5 Å². The first-order valence-electron chi connectivity index (χ1n) is 9.67. The molecule has 0 spiro atoms. The third kappa shape index (κ3) is 3.47. The lowest BCUT2D eigenvalue weighted by Gasteiger charge is -2.46. The van der Waals surface area contributed by atoms with Gasteiger partial charge in [0.25, 0.3) is 0 Å². The number of hydrogen-bond donors (Lipinski definition) is 1. The Morgan fingerprint density at radius 2 is 2.11 bits per heavy atom. The van der Waals surface area contributed by atoms with E-state index in [0.717, 1.165) is 38.0 Å². The molecule has 3 rings (SSSR count). The van der Waals surface area contributed by atoms with Crippen LogP contribution in [-0.4, -0.2) is 37.0 Å². The van der Waals surface area contributed by atoms with Crippen molar-refractivity contribution in [2.45, 2.75) is 52.0 Å². The summed E-state index contributed by atoms with van der Waals surface area (Å²) in [6, 6.07) is 5.16. The molecule has 2 aliphatic heterocycles. The summed E-state index contributed by atoms with van der Waals surface area (Å²) in [6.45, 7) is 7.05. The maximum atomic E-state index is 14.8. The highest BCUT2D eigenvalue weighted by molar-refractivity contribution is 6.01. The number of nitrogens with zero attached hydrogens (tertiary/aromatic N) is 2. The quantitative estimate of drug-likeness (QED) is 0.879. The summed E-state index contributed by atoms with van der Waals surface area (Å²) in [5.74, 6) is 0.148. The van der Waals surface area contributed by atoms with Crippen LogP contribution in [0.2, 0.25) is 0 Å². The molecule has 0 radical (unpaired) electrons. The maximum Gasteiger partial charge on any atom is 0.237 e. The predicted octanol–water partition coefficient (Wildman–Crippen LogP) is 3.21. The number of guanidine groups is 1. The Morgan fingerprint density at radius 1 is 1.37 bits per heavy atom. The van der Waals surface area contributed by atoms with Crippen LogP contribution in [-0.2, 0) is 21.5 Å². The molecule has 0 bridgehead atoms. The fourth-order valence-corrected chi connectivity index (χ4v) is 4.08. The van der Waals surface area contributed by atoms with E-state index in [2.05, 4.69) is 4.99 Å². The second kappa shape index (κ2) is 7.23. The van der Waals surface area contributed by atoms with Crippen LogP contribution in [0.4, 0.5) is 4.39 Å². The van der Waals surface area contributed by atoms with Gasteiger partial charge in [0, 0.05) is 25.8 Å². The second-order valence-electron chi connectivity index (χ2n) is 8.47. The van der Waals surface area contributed by atoms with E-state index in [1.54, 1.807) is 27.8 Å². The zero-order valence-corrected chi connectivity index (χ0v) is 16.7. The van der Waals surface area contributed by atoms with Crippen LogP contribution in [0, 0.1) is 17.2 Å². The molecule has 148 valence electrons. The number of carbonyl (C=O) groups excluding carboxylic acids is 1. The average molecular weight is 375 g/mol. The molecule has 2 N–H and O–H groups in total. The molecule has 1 aromatic rings. The number of benzene rings is 1. The molecule has 5 nitrogen and oxygen atoms in total. The van der Waals surface area contributed by atoms with Crippen molar-refractivity contribution in [2.75, 3.05) is 20.3 Å². The standard InChI is InChI=1S/C21H30FN3O2/c1-20(2)18(26)25(4)19(23)24-21(20,3)16-12-14(9-10-17(16)22)7-8-15-6-5-11-27-13-15/h9-10,12,15H,5-8,11,13H2,1-4H3,(H2,23,24)/t15?,21-/m1/s1. The zero-order chi connectivity index (χ0) is 19.8. The van der Waals surface area contributed by atoms with E-state index in [4.69, 9.17) is 10.5 Å². The molecule has 27 heavy (non-hydrogen) atoms. The fourth-order valence-electron chi connectivity index (χ4n) is 4.08. The number of carbonyl (C=O) groups is 1. The lowest BCUT2D eigenvalue weighted by Crippen LogP contribution is -2.58. The summed E-state index contributed by atoms with van der Waals surface area (Å²) in [7, 11) is 1.60. The van der Waals surface area contributed by atoms with Crippen LogP contribution in [0.3, 0.4) is 0 Å². The van der Waals surface area contributed by atoms with Crippen LogP contribution < -0.4 is 5.73 Å². The van der Waals surface area contributed by atoms with Gasteiger partial charge in [0.15, 0.2) is 5.96 Å². The van der Waals surface area contributed by atoms with Crippen molar-refractivity contribution in [3.63, 3.8) is 0 Å². The van der Waals surface area contributed by atoms with Crippen LogP contribution >= 0.6 is 0 Å². The average Bonchev–Trinajstić information content (AvgIpc) is 2.65. The molecule has 2 heterocycles. The van der Waals surface area contributed by atoms with E-state index < -0.39 is 11.0 Å². The van der Waals surface area contributed by atoms with Gasteiger partial charge in [0.2, 0.25) is 5.91 Å². The van der Waals surface area contributed by atoms with Crippen molar-refractivity contribution < 1.29 is 13.9 Å². The van der Waals surface area contributed by atoms with Crippen molar-refractivity contribution in [3.05, 3.63) is 35.1 Å². The SMILES string of the molecule is CN1C(=O)C(C)(C)[C@@](C)(c2cc(CCC3CCCOC3)ccc2F)N=C1N. The summed E-state index contributed by atoms with van der Waals surface area (Å²) in [6.07, 6.45) is 4.15. The highest BCUT2D eigenvalue weighted by Crippen LogP contribution is 2.47. The Morgan fingerprint density at radius 3 is 2.78 bits per heavy atom. The summed E-state index contributed by atoms with van der Waals surface area (Å²) in [5.41, 5.74) is 5.47. The molecule has 0 saturated carbocycles. The summed E-state index contributed by atoms with van der Waals surface area (Å²) in [4.78, 5) is 18.7. The van der Waals surface area contributed by atoms with Crippen LogP contribution in [0.5, 0.6) is 0 Å². The largest absolute Gasteiger partial charge is 0.381 e. The highest BCUT2D eigenvalue weighted by Gasteiger charge is 2.53. The molecule has 0 aromatic heterocycles. The number of hydrogen-bond acceptors (Lipinski definition) is 4. The monoisotopic (exact) mass is 375 g/mol. The number of amides is 1. The summed E-state index contributed by atoms with van der Waals surface area (Å²) < 4.78 is 20.4. The van der Waals surface area contributed by atoms with Gasteiger partial charge in [-0.2, -0.15) is 0 Å². The van der Waals surface area contributed by atoms with Crippen molar-refractivity contribution >= 4 is 11.9 Å². The van der Waals surface area contributed by atoms with E-state index in [9.17, 15) is 9.18 Å². The highest BCUT2D eigenvalue weighted by atomic mass is 19.1. The normalized spacial score (nSPS) is 28.2. The van der Waals surface area contributed by atoms with Crippen LogP contribution in [0.15, 0.2) is 23.2 Å². The topological polar surface area (TPSA) is 67.9 Å². The minimum absolute atomic E-state index is 0.117. The lowest BCUT2D eigenvalue weighted by molar-refractivity contribution is -0.140. The third-order valence-electron chi connectivity index (χ3n) is 6.39. The van der Waals surface area contributed by atoms with Gasteiger partial charge in [-0.25, -0.2) is 9.38 Å². The molecule has 1 amide bonds. The van der Waals surface area contributed by atoms with Crippen molar-refractivity contribution in [2.24, 2.45) is 22.1 Å². The van der Waals surface area contributed by atoms with E-state index in [1.165, 1.54) is 17.4 Å². The summed E-state index contributed by atoms with van der Waals surface area (Å²) in [5, 5.41) is 0. The first kappa shape index (κ1) is 19.8. The van der Waals surface area contributed by atoms with E-state index in [0.29, 0.717) is 11.5 Å². The molecule has 2 atom stereocenters. The second-order valence-corrected chi connectivity index (χ2v) is 8.47. The molecule has 1 saturated heterocycles. The number of ether oxygens (including phenoxy) is 1. The van der Waals surface area contributed by atoms with Gasteiger partial charge in [-0.15, -0.1) is 0 Å². The van der Waals surface area contributed by atoms with Crippen molar-refractivity contribution in [1.29, 1.82) is 0 Å². The molecular weight excluding hydrogens is 345 g/mol. The molecule has 2 aliphatic rings. The van der Waals surface area contributed by atoms with Gasteiger partial charge in [-0.05, 0) is 64.0 Å². The first-order chi connectivity index (χ1) is 12.7. The zero-order valence-electron chi connectivity index (χ0n) is 16.7. The molecule has 1 fully saturated rings. The first-order valence-corrected chi connectivity index (χ1v) is 9.67. The van der Waals surface area contributed by atoms with Gasteiger partial charge >= 0.3 is 0 Å². The Kier molecular flexibility index (Phi) is 5.30. The summed E-state index contributed by atoms with van der Waals surface area (Å²) >= 11 is 0. The number of aryl methyl sites for hydroxylation is 1. The fraction of sp³-hybridized carbons (Fsp3) is 0.619. The van der Waals surface area contributed by atoms with Crippen molar-refractivity contribution in [3.8, 4) is 0 Å². The maximum absolute atomic E-state index is 14.8. The smallest absolute Gasteiger partial charge is 0.237 e. The Hall–Kier alpha value is -1.95. The van der Waals surface area contributed by atoms with Gasteiger partial charge in [-0.3, -0.25) is 9.69 Å². The van der Waals surface area contributed by atoms with Gasteiger partial charge in [0.05, 0.1) is 5.41 Å². The van der Waals surface area contributed by atoms with E-state index in [-0.39, 0.29) is 17.7 Å². The predicted molar refractivity (Wildman–Crippen MR) is 104 cm³/mol. The minimum atomic E-state index is -1.06. The lowest BCUT2D eigenvalue weighted by atomic mass is 9.67. The molecular formula is C21H30FN3O2. The van der Waals surface area contributed by atoms with Crippen molar-refractivity contribution in [1.82, 2.24) is 4.90 Å². The number of nitrogens with two attached hydrogens (primary N) is 1. The van der Waals surface area contributed by atoms with Crippen LogP contribution in [0.1, 0.15) is 51.2 Å². The Labute approximate surface area is 160 Å². The minimum Gasteiger partial charge on any atom is -0.381 e. The van der Waals surface area contributed by atoms with E-state index in [1.807, 2.05) is 12.1 Å². The van der Waals surface area contributed by atoms with Crippen LogP contribution in [0.25, 0.3) is 0 Å². The number of rotatable bonds is 4. The molecule has 1 aromatic carbocycles. The molecule has 1 unspecified atom stereocenters. The Bertz CT molecular complexity index is 756. The number of halogens is 1. The number of aliphatic imine (C=N–C) groups is 1. The molecule has 6 heteroatoms. The molecule has 0 aliphatic carbocycles. The Balaban J connectivity index is 1.92. The van der Waals surface area contributed by atoms with Gasteiger partial charge in [0.1, 0.15) is 11.4 Å².